The Labute approximate surface area is 143 Å². The fourth-order valence-electron chi connectivity index (χ4n) is 3.57. The molecule has 3 rings (SSSR count). The highest BCUT2D eigenvalue weighted by atomic mass is 32.2. The van der Waals surface area contributed by atoms with Gasteiger partial charge in [-0.25, -0.2) is 8.42 Å². The third-order valence-electron chi connectivity index (χ3n) is 5.14. The molecule has 1 aromatic rings. The Bertz CT molecular complexity index is 769. The van der Waals surface area contributed by atoms with Crippen LogP contribution >= 0.6 is 0 Å². The molecule has 1 aliphatic heterocycles. The van der Waals surface area contributed by atoms with Crippen LogP contribution in [0, 0.1) is 0 Å². The number of sulfone groups is 1. The van der Waals surface area contributed by atoms with E-state index in [1.54, 1.807) is 7.05 Å². The molecule has 0 unspecified atom stereocenters. The number of aryl methyl sites for hydroxylation is 2. The number of fused-ring (bicyclic) bond motifs is 1. The normalized spacial score (nSPS) is 21.5. The van der Waals surface area contributed by atoms with Crippen LogP contribution in [-0.2, 0) is 27.5 Å². The number of carbonyl (C=O) groups is 2. The lowest BCUT2D eigenvalue weighted by Crippen LogP contribution is -2.37. The Morgan fingerprint density at radius 2 is 1.92 bits per heavy atom. The monoisotopic (exact) mass is 349 g/mol. The summed E-state index contributed by atoms with van der Waals surface area (Å²) in [7, 11) is -1.38. The second kappa shape index (κ2) is 6.67. The van der Waals surface area contributed by atoms with Gasteiger partial charge in [0.1, 0.15) is 0 Å². The van der Waals surface area contributed by atoms with Gasteiger partial charge in [-0.2, -0.15) is 0 Å². The lowest BCUT2D eigenvalue weighted by Gasteiger charge is -2.23. The fourth-order valence-corrected chi connectivity index (χ4v) is 5.35. The van der Waals surface area contributed by atoms with Gasteiger partial charge < -0.3 is 4.90 Å². The first-order chi connectivity index (χ1) is 11.4. The molecule has 0 radical (unpaired) electrons. The maximum atomic E-state index is 12.3. The van der Waals surface area contributed by atoms with Gasteiger partial charge >= 0.3 is 0 Å². The SMILES string of the molecule is CN(C(=O)CCC(=O)c1ccc2c(c1)CCC2)[C@H]1CCS(=O)(=O)C1. The van der Waals surface area contributed by atoms with Crippen LogP contribution in [0.3, 0.4) is 0 Å². The second-order valence-corrected chi connectivity index (χ2v) is 9.05. The van der Waals surface area contributed by atoms with E-state index in [2.05, 4.69) is 0 Å². The van der Waals surface area contributed by atoms with Crippen molar-refractivity contribution in [2.45, 2.75) is 44.6 Å². The molecule has 24 heavy (non-hydrogen) atoms. The van der Waals surface area contributed by atoms with Crippen molar-refractivity contribution >= 4 is 21.5 Å². The van der Waals surface area contributed by atoms with Crippen LogP contribution in [0.4, 0.5) is 0 Å². The largest absolute Gasteiger partial charge is 0.342 e. The highest BCUT2D eigenvalue weighted by molar-refractivity contribution is 7.91. The average Bonchev–Trinajstić information content (AvgIpc) is 3.16. The number of hydrogen-bond acceptors (Lipinski definition) is 4. The summed E-state index contributed by atoms with van der Waals surface area (Å²) in [6.07, 6.45) is 4.03. The maximum absolute atomic E-state index is 12.3. The van der Waals surface area contributed by atoms with Gasteiger partial charge in [-0.1, -0.05) is 12.1 Å². The van der Waals surface area contributed by atoms with Crippen LogP contribution in [0.2, 0.25) is 0 Å². The number of hydrogen-bond donors (Lipinski definition) is 0. The fraction of sp³-hybridized carbons (Fsp3) is 0.556. The molecule has 1 amide bonds. The van der Waals surface area contributed by atoms with Crippen molar-refractivity contribution < 1.29 is 18.0 Å². The van der Waals surface area contributed by atoms with E-state index in [9.17, 15) is 18.0 Å². The molecule has 1 atom stereocenters. The number of benzene rings is 1. The summed E-state index contributed by atoms with van der Waals surface area (Å²) >= 11 is 0. The topological polar surface area (TPSA) is 71.5 Å². The molecule has 1 heterocycles. The molecular formula is C18H23NO4S. The smallest absolute Gasteiger partial charge is 0.223 e. The average molecular weight is 349 g/mol. The van der Waals surface area contributed by atoms with E-state index in [4.69, 9.17) is 0 Å². The van der Waals surface area contributed by atoms with E-state index in [1.807, 2.05) is 18.2 Å². The number of rotatable bonds is 5. The summed E-state index contributed by atoms with van der Waals surface area (Å²) in [5, 5.41) is 0. The standard InChI is InChI=1S/C18H23NO4S/c1-19(16-9-10-24(22,23)12-16)18(21)8-7-17(20)15-6-5-13-3-2-4-14(13)11-15/h5-6,11,16H,2-4,7-10,12H2,1H3/t16-/m0/s1. The lowest BCUT2D eigenvalue weighted by molar-refractivity contribution is -0.131. The summed E-state index contributed by atoms with van der Waals surface area (Å²) in [5.74, 6) is -0.00531. The molecule has 2 aliphatic rings. The summed E-state index contributed by atoms with van der Waals surface area (Å²) in [4.78, 5) is 26.1. The molecule has 1 aromatic carbocycles. The number of amides is 1. The molecule has 0 bridgehead atoms. The van der Waals surface area contributed by atoms with Crippen LogP contribution in [0.25, 0.3) is 0 Å². The minimum atomic E-state index is -3.01. The second-order valence-electron chi connectivity index (χ2n) is 6.82. The molecule has 5 nitrogen and oxygen atoms in total. The number of ketones is 1. The quantitative estimate of drug-likeness (QED) is 0.760. The summed E-state index contributed by atoms with van der Waals surface area (Å²) in [6.45, 7) is 0. The van der Waals surface area contributed by atoms with Gasteiger partial charge in [0.2, 0.25) is 5.91 Å². The van der Waals surface area contributed by atoms with Crippen LogP contribution in [0.5, 0.6) is 0 Å². The minimum Gasteiger partial charge on any atom is -0.342 e. The summed E-state index contributed by atoms with van der Waals surface area (Å²) in [5.41, 5.74) is 3.25. The Morgan fingerprint density at radius 3 is 2.62 bits per heavy atom. The van der Waals surface area contributed by atoms with Crippen LogP contribution in [-0.4, -0.2) is 49.6 Å². The van der Waals surface area contributed by atoms with Crippen molar-refractivity contribution in [1.82, 2.24) is 4.90 Å². The number of Topliss-reactive ketones (excluding diaryl/α,β-unsaturated/α-hetero) is 1. The van der Waals surface area contributed by atoms with Gasteiger partial charge in [0.05, 0.1) is 11.5 Å². The van der Waals surface area contributed by atoms with Crippen molar-refractivity contribution in [2.24, 2.45) is 0 Å². The van der Waals surface area contributed by atoms with E-state index >= 15 is 0 Å². The van der Waals surface area contributed by atoms with Gasteiger partial charge in [0, 0.05) is 31.5 Å². The minimum absolute atomic E-state index is 0.0227. The summed E-state index contributed by atoms with van der Waals surface area (Å²) in [6, 6.07) is 5.58. The van der Waals surface area contributed by atoms with Gasteiger partial charge in [-0.15, -0.1) is 0 Å². The van der Waals surface area contributed by atoms with Crippen molar-refractivity contribution in [2.75, 3.05) is 18.6 Å². The van der Waals surface area contributed by atoms with Gasteiger partial charge in [-0.3, -0.25) is 9.59 Å². The Balaban J connectivity index is 1.55. The Kier molecular flexibility index (Phi) is 4.76. The molecule has 0 saturated carbocycles. The maximum Gasteiger partial charge on any atom is 0.223 e. The van der Waals surface area contributed by atoms with Crippen LogP contribution in [0.15, 0.2) is 18.2 Å². The zero-order chi connectivity index (χ0) is 17.3. The zero-order valence-electron chi connectivity index (χ0n) is 14.0. The third kappa shape index (κ3) is 3.69. The highest BCUT2D eigenvalue weighted by Crippen LogP contribution is 2.24. The van der Waals surface area contributed by atoms with Crippen molar-refractivity contribution in [1.29, 1.82) is 0 Å². The molecule has 6 heteroatoms. The van der Waals surface area contributed by atoms with Gasteiger partial charge in [0.25, 0.3) is 0 Å². The Hall–Kier alpha value is -1.69. The first kappa shape index (κ1) is 17.1. The first-order valence-corrected chi connectivity index (χ1v) is 10.3. The van der Waals surface area contributed by atoms with E-state index < -0.39 is 9.84 Å². The van der Waals surface area contributed by atoms with Crippen LogP contribution < -0.4 is 0 Å². The molecule has 1 aliphatic carbocycles. The van der Waals surface area contributed by atoms with E-state index in [0.29, 0.717) is 12.0 Å². The summed E-state index contributed by atoms with van der Waals surface area (Å²) < 4.78 is 23.0. The molecule has 1 fully saturated rings. The van der Waals surface area contributed by atoms with Crippen molar-refractivity contribution in [3.8, 4) is 0 Å². The highest BCUT2D eigenvalue weighted by Gasteiger charge is 2.32. The molecule has 130 valence electrons. The van der Waals surface area contributed by atoms with E-state index in [0.717, 1.165) is 19.3 Å². The van der Waals surface area contributed by atoms with Crippen molar-refractivity contribution in [3.63, 3.8) is 0 Å². The predicted octanol–water partition coefficient (Wildman–Crippen LogP) is 1.78. The molecule has 0 spiro atoms. The molecular weight excluding hydrogens is 326 g/mol. The van der Waals surface area contributed by atoms with E-state index in [-0.39, 0.29) is 42.1 Å². The predicted molar refractivity (Wildman–Crippen MR) is 91.9 cm³/mol. The van der Waals surface area contributed by atoms with Crippen LogP contribution in [0.1, 0.15) is 47.2 Å². The Morgan fingerprint density at radius 1 is 1.17 bits per heavy atom. The number of carbonyl (C=O) groups excluding carboxylic acids is 2. The van der Waals surface area contributed by atoms with Crippen molar-refractivity contribution in [3.05, 3.63) is 34.9 Å². The third-order valence-corrected chi connectivity index (χ3v) is 6.89. The zero-order valence-corrected chi connectivity index (χ0v) is 14.8. The molecule has 0 aromatic heterocycles. The first-order valence-electron chi connectivity index (χ1n) is 8.47. The molecule has 0 N–H and O–H groups in total. The van der Waals surface area contributed by atoms with Gasteiger partial charge in [-0.05, 0) is 42.9 Å². The molecule has 1 saturated heterocycles. The van der Waals surface area contributed by atoms with E-state index in [1.165, 1.54) is 16.0 Å². The lowest BCUT2D eigenvalue weighted by atomic mass is 10.0. The van der Waals surface area contributed by atoms with Gasteiger partial charge in [0.15, 0.2) is 15.6 Å². The number of nitrogens with zero attached hydrogens (tertiary/aromatic N) is 1.